The molecule has 1 aliphatic heterocycles. The smallest absolute Gasteiger partial charge is 0.308 e. The lowest BCUT2D eigenvalue weighted by Crippen LogP contribution is -2.38. The van der Waals surface area contributed by atoms with E-state index >= 15 is 0 Å². The third-order valence-corrected chi connectivity index (χ3v) is 5.97. The minimum Gasteiger partial charge on any atom is -0.308 e. The number of rotatable bonds is 3. The van der Waals surface area contributed by atoms with Crippen molar-refractivity contribution in [3.63, 3.8) is 0 Å². The van der Waals surface area contributed by atoms with Crippen molar-refractivity contribution in [2.45, 2.75) is 19.8 Å². The monoisotopic (exact) mass is 359 g/mol. The third-order valence-electron chi connectivity index (χ3n) is 4.12. The summed E-state index contributed by atoms with van der Waals surface area (Å²) in [6, 6.07) is 14.0. The molecule has 0 unspecified atom stereocenters. The first-order valence-electron chi connectivity index (χ1n) is 8.20. The summed E-state index contributed by atoms with van der Waals surface area (Å²) in [4.78, 5) is 12.1. The van der Waals surface area contributed by atoms with Crippen LogP contribution in [0.1, 0.15) is 18.4 Å². The summed E-state index contributed by atoms with van der Waals surface area (Å²) in [5.41, 5.74) is 2.72. The molecule has 0 aliphatic carbocycles. The molecule has 1 aliphatic rings. The molecule has 1 fully saturated rings. The molecule has 0 atom stereocenters. The van der Waals surface area contributed by atoms with Crippen LogP contribution in [0.2, 0.25) is 0 Å². The van der Waals surface area contributed by atoms with Crippen LogP contribution in [-0.2, 0) is 10.0 Å². The third kappa shape index (κ3) is 4.11. The number of carbonyl (C=O) groups is 1. The van der Waals surface area contributed by atoms with Gasteiger partial charge in [-0.1, -0.05) is 24.3 Å². The van der Waals surface area contributed by atoms with E-state index in [0.29, 0.717) is 30.0 Å². The lowest BCUT2D eigenvalue weighted by Gasteiger charge is -2.29. The molecule has 25 heavy (non-hydrogen) atoms. The lowest BCUT2D eigenvalue weighted by atomic mass is 10.1. The van der Waals surface area contributed by atoms with Gasteiger partial charge in [-0.05, 0) is 49.6 Å². The zero-order valence-electron chi connectivity index (χ0n) is 14.0. The molecule has 3 rings (SSSR count). The minimum atomic E-state index is -3.29. The molecule has 6 nitrogen and oxygen atoms in total. The number of nitrogens with zero attached hydrogens (tertiary/aromatic N) is 1. The summed E-state index contributed by atoms with van der Waals surface area (Å²) < 4.78 is 26.1. The highest BCUT2D eigenvalue weighted by atomic mass is 32.2. The predicted molar refractivity (Wildman–Crippen MR) is 101 cm³/mol. The number of nitrogens with one attached hydrogen (secondary N) is 2. The van der Waals surface area contributed by atoms with Gasteiger partial charge in [0.15, 0.2) is 0 Å². The number of benzene rings is 2. The van der Waals surface area contributed by atoms with Crippen molar-refractivity contribution in [1.29, 1.82) is 0 Å². The predicted octanol–water partition coefficient (Wildman–Crippen LogP) is 3.57. The highest BCUT2D eigenvalue weighted by Gasteiger charge is 2.27. The Labute approximate surface area is 147 Å². The number of sulfonamides is 1. The van der Waals surface area contributed by atoms with E-state index < -0.39 is 10.0 Å². The van der Waals surface area contributed by atoms with Crippen LogP contribution in [0.5, 0.6) is 0 Å². The number of urea groups is 1. The Kier molecular flexibility index (Phi) is 4.94. The van der Waals surface area contributed by atoms with E-state index in [1.165, 1.54) is 4.31 Å². The maximum atomic E-state index is 12.3. The van der Waals surface area contributed by atoms with Gasteiger partial charge in [0.2, 0.25) is 10.0 Å². The number of hydrogen-bond acceptors (Lipinski definition) is 3. The molecule has 0 radical (unpaired) electrons. The zero-order valence-corrected chi connectivity index (χ0v) is 14.8. The number of carbonyl (C=O) groups excluding carboxylic acids is 1. The summed E-state index contributed by atoms with van der Waals surface area (Å²) in [7, 11) is -3.29. The normalized spacial score (nSPS) is 16.3. The van der Waals surface area contributed by atoms with Crippen LogP contribution in [0.3, 0.4) is 0 Å². The van der Waals surface area contributed by atoms with E-state index in [2.05, 4.69) is 10.6 Å². The molecule has 0 bridgehead atoms. The second-order valence-corrected chi connectivity index (χ2v) is 8.05. The average molecular weight is 359 g/mol. The molecule has 2 amide bonds. The van der Waals surface area contributed by atoms with Crippen molar-refractivity contribution in [3.8, 4) is 0 Å². The summed E-state index contributed by atoms with van der Waals surface area (Å²) in [5, 5.41) is 5.49. The molecule has 2 aromatic carbocycles. The molecule has 7 heteroatoms. The Balaban J connectivity index is 1.78. The Morgan fingerprint density at radius 1 is 1.00 bits per heavy atom. The van der Waals surface area contributed by atoms with E-state index in [0.717, 1.165) is 12.0 Å². The van der Waals surface area contributed by atoms with E-state index in [1.807, 2.05) is 31.2 Å². The summed E-state index contributed by atoms with van der Waals surface area (Å²) in [6.45, 7) is 2.34. The van der Waals surface area contributed by atoms with Gasteiger partial charge in [-0.25, -0.2) is 13.2 Å². The van der Waals surface area contributed by atoms with Crippen LogP contribution in [0, 0.1) is 6.92 Å². The van der Waals surface area contributed by atoms with Gasteiger partial charge >= 0.3 is 6.03 Å². The Hall–Kier alpha value is -2.54. The fourth-order valence-corrected chi connectivity index (χ4v) is 4.52. The molecule has 0 spiro atoms. The topological polar surface area (TPSA) is 78.5 Å². The largest absolute Gasteiger partial charge is 0.323 e. The maximum absolute atomic E-state index is 12.3. The number of amides is 2. The summed E-state index contributed by atoms with van der Waals surface area (Å²) >= 11 is 0. The van der Waals surface area contributed by atoms with Gasteiger partial charge in [0, 0.05) is 17.9 Å². The SMILES string of the molecule is Cc1ccc(NC(=O)Nc2ccccc2)cc1N1CCCCS1(=O)=O. The molecule has 132 valence electrons. The first-order valence-corrected chi connectivity index (χ1v) is 9.81. The average Bonchev–Trinajstić information content (AvgIpc) is 2.57. The van der Waals surface area contributed by atoms with E-state index in [-0.39, 0.29) is 11.8 Å². The van der Waals surface area contributed by atoms with Gasteiger partial charge in [-0.15, -0.1) is 0 Å². The zero-order chi connectivity index (χ0) is 17.9. The first-order chi connectivity index (χ1) is 12.0. The second-order valence-electron chi connectivity index (χ2n) is 6.04. The van der Waals surface area contributed by atoms with Crippen LogP contribution < -0.4 is 14.9 Å². The van der Waals surface area contributed by atoms with Crippen molar-refractivity contribution in [2.75, 3.05) is 27.2 Å². The van der Waals surface area contributed by atoms with Crippen LogP contribution in [0.15, 0.2) is 48.5 Å². The van der Waals surface area contributed by atoms with Crippen LogP contribution in [0.25, 0.3) is 0 Å². The Morgan fingerprint density at radius 3 is 2.44 bits per heavy atom. The Bertz CT molecular complexity index is 866. The molecule has 1 heterocycles. The first kappa shape index (κ1) is 17.3. The standard InChI is InChI=1S/C18H21N3O3S/c1-14-9-10-16(20-18(22)19-15-7-3-2-4-8-15)13-17(14)21-11-5-6-12-25(21,23)24/h2-4,7-10,13H,5-6,11-12H2,1H3,(H2,19,20,22). The van der Waals surface area contributed by atoms with Gasteiger partial charge in [-0.3, -0.25) is 4.31 Å². The number of aryl methyl sites for hydroxylation is 1. The molecule has 1 saturated heterocycles. The highest BCUT2D eigenvalue weighted by molar-refractivity contribution is 7.92. The van der Waals surface area contributed by atoms with Crippen LogP contribution >= 0.6 is 0 Å². The second kappa shape index (κ2) is 7.14. The van der Waals surface area contributed by atoms with Crippen LogP contribution in [0.4, 0.5) is 21.9 Å². The maximum Gasteiger partial charge on any atom is 0.323 e. The molecular formula is C18H21N3O3S. The van der Waals surface area contributed by atoms with E-state index in [9.17, 15) is 13.2 Å². The van der Waals surface area contributed by atoms with Crippen molar-refractivity contribution in [1.82, 2.24) is 0 Å². The van der Waals surface area contributed by atoms with E-state index in [1.54, 1.807) is 24.3 Å². The van der Waals surface area contributed by atoms with Crippen molar-refractivity contribution < 1.29 is 13.2 Å². The Morgan fingerprint density at radius 2 is 1.72 bits per heavy atom. The molecular weight excluding hydrogens is 338 g/mol. The van der Waals surface area contributed by atoms with Gasteiger partial charge in [-0.2, -0.15) is 0 Å². The quantitative estimate of drug-likeness (QED) is 0.879. The van der Waals surface area contributed by atoms with Gasteiger partial charge < -0.3 is 10.6 Å². The fourth-order valence-electron chi connectivity index (χ4n) is 2.83. The summed E-state index contributed by atoms with van der Waals surface area (Å²) in [6.07, 6.45) is 1.53. The van der Waals surface area contributed by atoms with Gasteiger partial charge in [0.05, 0.1) is 11.4 Å². The lowest BCUT2D eigenvalue weighted by molar-refractivity contribution is 0.262. The minimum absolute atomic E-state index is 0.165. The number of anilines is 3. The highest BCUT2D eigenvalue weighted by Crippen LogP contribution is 2.29. The van der Waals surface area contributed by atoms with Crippen molar-refractivity contribution in [3.05, 3.63) is 54.1 Å². The van der Waals surface area contributed by atoms with Crippen molar-refractivity contribution in [2.24, 2.45) is 0 Å². The van der Waals surface area contributed by atoms with Crippen molar-refractivity contribution >= 4 is 33.1 Å². The molecule has 2 aromatic rings. The van der Waals surface area contributed by atoms with Crippen LogP contribution in [-0.4, -0.2) is 26.7 Å². The van der Waals surface area contributed by atoms with E-state index in [4.69, 9.17) is 0 Å². The molecule has 0 aromatic heterocycles. The molecule has 0 saturated carbocycles. The van der Waals surface area contributed by atoms with Gasteiger partial charge in [0.25, 0.3) is 0 Å². The number of hydrogen-bond donors (Lipinski definition) is 2. The van der Waals surface area contributed by atoms with Gasteiger partial charge in [0.1, 0.15) is 0 Å². The summed E-state index contributed by atoms with van der Waals surface area (Å²) in [5.74, 6) is 0.165. The fraction of sp³-hybridized carbons (Fsp3) is 0.278. The number of para-hydroxylation sites is 1. The molecule has 2 N–H and O–H groups in total.